The first kappa shape index (κ1) is 14.9. The molecule has 0 saturated heterocycles. The summed E-state index contributed by atoms with van der Waals surface area (Å²) in [6.07, 6.45) is 0.448. The molecule has 0 bridgehead atoms. The molecule has 0 amide bonds. The fraction of sp³-hybridized carbons (Fsp3) is 0.125. The Morgan fingerprint density at radius 3 is 2.50 bits per heavy atom. The Labute approximate surface area is 128 Å². The van der Waals surface area contributed by atoms with E-state index in [1.165, 1.54) is 6.08 Å². The first-order valence-electron chi connectivity index (χ1n) is 6.08. The van der Waals surface area contributed by atoms with E-state index in [1.54, 1.807) is 12.1 Å². The molecule has 2 aromatic carbocycles. The Balaban J connectivity index is 2.23. The van der Waals surface area contributed by atoms with Gasteiger partial charge in [-0.05, 0) is 17.7 Å². The number of ether oxygens (including phenoxy) is 1. The van der Waals surface area contributed by atoms with Crippen molar-refractivity contribution >= 4 is 23.2 Å². The molecule has 4 heteroatoms. The lowest BCUT2D eigenvalue weighted by Gasteiger charge is -2.15. The average Bonchev–Trinajstić information content (AvgIpc) is 2.47. The second-order valence-electron chi connectivity index (χ2n) is 4.23. The minimum atomic E-state index is -0.921. The van der Waals surface area contributed by atoms with Crippen LogP contribution in [-0.2, 0) is 6.61 Å². The summed E-state index contributed by atoms with van der Waals surface area (Å²) >= 11 is 12.3. The van der Waals surface area contributed by atoms with Gasteiger partial charge in [0.15, 0.2) is 0 Å². The maximum atomic E-state index is 9.86. The van der Waals surface area contributed by atoms with Gasteiger partial charge in [-0.25, -0.2) is 0 Å². The van der Waals surface area contributed by atoms with Crippen LogP contribution in [0.25, 0.3) is 0 Å². The monoisotopic (exact) mass is 308 g/mol. The van der Waals surface area contributed by atoms with Crippen LogP contribution in [0.2, 0.25) is 10.0 Å². The summed E-state index contributed by atoms with van der Waals surface area (Å²) in [5.41, 5.74) is 1.44. The summed E-state index contributed by atoms with van der Waals surface area (Å²) < 4.78 is 5.68. The summed E-state index contributed by atoms with van der Waals surface area (Å²) in [5.74, 6) is 0.482. The van der Waals surface area contributed by atoms with Crippen molar-refractivity contribution in [3.8, 4) is 5.75 Å². The van der Waals surface area contributed by atoms with E-state index in [0.29, 0.717) is 28.0 Å². The van der Waals surface area contributed by atoms with Crippen molar-refractivity contribution in [3.05, 3.63) is 76.3 Å². The maximum absolute atomic E-state index is 9.86. The molecule has 0 heterocycles. The highest BCUT2D eigenvalue weighted by Gasteiger charge is 2.17. The number of benzene rings is 2. The molecule has 0 saturated carbocycles. The first-order chi connectivity index (χ1) is 9.63. The first-order valence-corrected chi connectivity index (χ1v) is 6.84. The Morgan fingerprint density at radius 2 is 1.85 bits per heavy atom. The molecule has 2 nitrogen and oxygen atoms in total. The number of rotatable bonds is 5. The summed E-state index contributed by atoms with van der Waals surface area (Å²) in [6, 6.07) is 13.1. The lowest BCUT2D eigenvalue weighted by Crippen LogP contribution is -2.00. The van der Waals surface area contributed by atoms with Crippen LogP contribution >= 0.6 is 23.2 Å². The van der Waals surface area contributed by atoms with Crippen LogP contribution in [0.15, 0.2) is 55.1 Å². The van der Waals surface area contributed by atoms with Gasteiger partial charge in [0.25, 0.3) is 0 Å². The molecular formula is C16H14Cl2O2. The fourth-order valence-electron chi connectivity index (χ4n) is 1.79. The van der Waals surface area contributed by atoms with Crippen molar-refractivity contribution in [1.82, 2.24) is 0 Å². The minimum Gasteiger partial charge on any atom is -0.487 e. The average molecular weight is 309 g/mol. The molecule has 0 radical (unpaired) electrons. The predicted octanol–water partition coefficient (Wildman–Crippen LogP) is 4.79. The molecule has 2 rings (SSSR count). The molecule has 104 valence electrons. The zero-order valence-electron chi connectivity index (χ0n) is 10.7. The van der Waals surface area contributed by atoms with Crippen molar-refractivity contribution in [2.75, 3.05) is 0 Å². The third-order valence-corrected chi connectivity index (χ3v) is 3.57. The molecule has 20 heavy (non-hydrogen) atoms. The molecule has 1 atom stereocenters. The van der Waals surface area contributed by atoms with Crippen molar-refractivity contribution in [1.29, 1.82) is 0 Å². The smallest absolute Gasteiger partial charge is 0.138 e. The van der Waals surface area contributed by atoms with Crippen molar-refractivity contribution < 1.29 is 9.84 Å². The molecule has 0 aromatic heterocycles. The summed E-state index contributed by atoms with van der Waals surface area (Å²) in [4.78, 5) is 0. The van der Waals surface area contributed by atoms with Crippen LogP contribution in [0.3, 0.4) is 0 Å². The summed E-state index contributed by atoms with van der Waals surface area (Å²) in [5, 5.41) is 10.5. The quantitative estimate of drug-likeness (QED) is 0.805. The van der Waals surface area contributed by atoms with Crippen LogP contribution < -0.4 is 4.74 Å². The van der Waals surface area contributed by atoms with E-state index in [4.69, 9.17) is 27.9 Å². The van der Waals surface area contributed by atoms with Crippen molar-refractivity contribution in [2.24, 2.45) is 0 Å². The van der Waals surface area contributed by atoms with Gasteiger partial charge in [0, 0.05) is 10.6 Å². The highest BCUT2D eigenvalue weighted by atomic mass is 35.5. The van der Waals surface area contributed by atoms with Gasteiger partial charge in [-0.15, -0.1) is 6.58 Å². The van der Waals surface area contributed by atoms with E-state index in [2.05, 4.69) is 6.58 Å². The van der Waals surface area contributed by atoms with Crippen LogP contribution in [0.5, 0.6) is 5.75 Å². The Kier molecular flexibility index (Phi) is 5.07. The molecule has 0 aliphatic heterocycles. The van der Waals surface area contributed by atoms with Gasteiger partial charge in [0.1, 0.15) is 12.4 Å². The van der Waals surface area contributed by atoms with Crippen molar-refractivity contribution in [3.63, 3.8) is 0 Å². The lowest BCUT2D eigenvalue weighted by atomic mass is 10.1. The van der Waals surface area contributed by atoms with Gasteiger partial charge in [-0.1, -0.05) is 59.6 Å². The molecule has 1 N–H and O–H groups in total. The fourth-order valence-corrected chi connectivity index (χ4v) is 2.43. The summed E-state index contributed by atoms with van der Waals surface area (Å²) in [6.45, 7) is 3.93. The Morgan fingerprint density at radius 1 is 1.15 bits per heavy atom. The zero-order chi connectivity index (χ0) is 14.5. The second-order valence-corrected chi connectivity index (χ2v) is 5.01. The highest BCUT2D eigenvalue weighted by molar-refractivity contribution is 6.37. The normalized spacial score (nSPS) is 11.9. The predicted molar refractivity (Wildman–Crippen MR) is 82.4 cm³/mol. The Hall–Kier alpha value is -1.48. The molecule has 0 fully saturated rings. The van der Waals surface area contributed by atoms with E-state index in [-0.39, 0.29) is 0 Å². The third-order valence-electron chi connectivity index (χ3n) is 2.85. The van der Waals surface area contributed by atoms with Crippen LogP contribution in [0.4, 0.5) is 0 Å². The van der Waals surface area contributed by atoms with Gasteiger partial charge in [-0.3, -0.25) is 0 Å². The highest BCUT2D eigenvalue weighted by Crippen LogP contribution is 2.37. The number of hydrogen-bond acceptors (Lipinski definition) is 2. The van der Waals surface area contributed by atoms with E-state index >= 15 is 0 Å². The van der Waals surface area contributed by atoms with E-state index in [1.807, 2.05) is 30.3 Å². The van der Waals surface area contributed by atoms with Crippen molar-refractivity contribution in [2.45, 2.75) is 12.7 Å². The molecule has 0 spiro atoms. The number of aliphatic hydroxyl groups is 1. The minimum absolute atomic E-state index is 0.306. The van der Waals surface area contributed by atoms with Gasteiger partial charge in [0.2, 0.25) is 0 Å². The van der Waals surface area contributed by atoms with E-state index < -0.39 is 6.10 Å². The Bertz CT molecular complexity index is 597. The van der Waals surface area contributed by atoms with Crippen LogP contribution in [0.1, 0.15) is 17.2 Å². The van der Waals surface area contributed by atoms with E-state index in [9.17, 15) is 5.11 Å². The molecular weight excluding hydrogens is 295 g/mol. The second kappa shape index (κ2) is 6.80. The molecule has 2 aromatic rings. The van der Waals surface area contributed by atoms with Gasteiger partial charge >= 0.3 is 0 Å². The van der Waals surface area contributed by atoms with Gasteiger partial charge in [0.05, 0.1) is 11.1 Å². The SMILES string of the molecule is C=CC(O)c1c(Cl)ccc(OCc2ccccc2)c1Cl. The molecule has 1 unspecified atom stereocenters. The zero-order valence-corrected chi connectivity index (χ0v) is 12.2. The number of halogens is 2. The van der Waals surface area contributed by atoms with Crippen LogP contribution in [0, 0.1) is 0 Å². The largest absolute Gasteiger partial charge is 0.487 e. The van der Waals surface area contributed by atoms with Crippen LogP contribution in [-0.4, -0.2) is 5.11 Å². The lowest BCUT2D eigenvalue weighted by molar-refractivity contribution is 0.228. The molecule has 0 aliphatic carbocycles. The molecule has 0 aliphatic rings. The maximum Gasteiger partial charge on any atom is 0.138 e. The summed E-state index contributed by atoms with van der Waals surface area (Å²) in [7, 11) is 0. The standard InChI is InChI=1S/C16H14Cl2O2/c1-2-13(19)15-12(17)8-9-14(16(15)18)20-10-11-6-4-3-5-7-11/h2-9,13,19H,1,10H2. The third kappa shape index (κ3) is 3.34. The van der Waals surface area contributed by atoms with Gasteiger partial charge < -0.3 is 9.84 Å². The number of aliphatic hydroxyl groups excluding tert-OH is 1. The van der Waals surface area contributed by atoms with Gasteiger partial charge in [-0.2, -0.15) is 0 Å². The number of hydrogen-bond donors (Lipinski definition) is 1. The van der Waals surface area contributed by atoms with E-state index in [0.717, 1.165) is 5.56 Å². The topological polar surface area (TPSA) is 29.5 Å².